The van der Waals surface area contributed by atoms with Gasteiger partial charge in [0.1, 0.15) is 0 Å². The molecule has 5 nitrogen and oxygen atoms in total. The monoisotopic (exact) mass is 469 g/mol. The Balaban J connectivity index is 1.80. The maximum atomic E-state index is 6.10. The smallest absolute Gasteiger partial charge is 0.250 e. The second-order valence-corrected chi connectivity index (χ2v) is 11.2. The molecule has 8 heteroatoms. The summed E-state index contributed by atoms with van der Waals surface area (Å²) >= 11 is 18.3. The molecule has 0 radical (unpaired) electrons. The molecule has 1 aliphatic heterocycles. The van der Waals surface area contributed by atoms with Gasteiger partial charge in [-0.3, -0.25) is 0 Å². The molecule has 1 N–H and O–H groups in total. The third kappa shape index (κ3) is 6.19. The number of likely N-dealkylation sites (tertiary alicyclic amines) is 1. The third-order valence-electron chi connectivity index (χ3n) is 5.60. The Labute approximate surface area is 194 Å². The minimum Gasteiger partial charge on any atom is -0.354 e. The van der Waals surface area contributed by atoms with Crippen molar-refractivity contribution < 1.29 is 0 Å². The molecule has 1 aliphatic rings. The van der Waals surface area contributed by atoms with E-state index in [1.165, 1.54) is 5.56 Å². The van der Waals surface area contributed by atoms with Gasteiger partial charge in [-0.2, -0.15) is 9.97 Å². The van der Waals surface area contributed by atoms with Crippen molar-refractivity contribution in [1.29, 1.82) is 0 Å². The molecule has 1 saturated heterocycles. The highest BCUT2D eigenvalue weighted by molar-refractivity contribution is 6.66. The first-order chi connectivity index (χ1) is 14.1. The number of piperidine rings is 1. The fourth-order valence-corrected chi connectivity index (χ4v) is 3.83. The van der Waals surface area contributed by atoms with E-state index >= 15 is 0 Å². The van der Waals surface area contributed by atoms with Gasteiger partial charge in [0, 0.05) is 12.1 Å². The second-order valence-electron chi connectivity index (χ2n) is 8.89. The van der Waals surface area contributed by atoms with Crippen LogP contribution >= 0.6 is 34.8 Å². The van der Waals surface area contributed by atoms with E-state index in [0.29, 0.717) is 17.7 Å². The van der Waals surface area contributed by atoms with Gasteiger partial charge in [-0.15, -0.1) is 0 Å². The molecule has 0 spiro atoms. The standard InChI is InChI=1S/C22H30Cl3N5/c1-5-30-12-10-15(11-13-30)14-26-20-28-18(27-19(29-20)22(23,24)25)16-6-8-17(9-7-16)21(2,3)4/h6-9,15H,5,10-14H2,1-4H3,(H,26,27,28,29). The molecular weight excluding hydrogens is 441 g/mol. The fraction of sp³-hybridized carbons (Fsp3) is 0.591. The van der Waals surface area contributed by atoms with E-state index in [1.807, 2.05) is 12.1 Å². The van der Waals surface area contributed by atoms with Gasteiger partial charge >= 0.3 is 0 Å². The van der Waals surface area contributed by atoms with Crippen LogP contribution in [0.5, 0.6) is 0 Å². The zero-order valence-corrected chi connectivity index (χ0v) is 20.3. The Hall–Kier alpha value is -1.14. The van der Waals surface area contributed by atoms with Crippen LogP contribution in [0.2, 0.25) is 0 Å². The van der Waals surface area contributed by atoms with Gasteiger partial charge < -0.3 is 10.2 Å². The second kappa shape index (κ2) is 9.56. The number of hydrogen-bond acceptors (Lipinski definition) is 5. The Bertz CT molecular complexity index is 835. The van der Waals surface area contributed by atoms with Gasteiger partial charge in [-0.05, 0) is 49.4 Å². The number of aromatic nitrogens is 3. The lowest BCUT2D eigenvalue weighted by atomic mass is 9.87. The maximum absolute atomic E-state index is 6.10. The number of rotatable bonds is 5. The van der Waals surface area contributed by atoms with Crippen LogP contribution < -0.4 is 5.32 Å². The van der Waals surface area contributed by atoms with Crippen LogP contribution in [0.15, 0.2) is 24.3 Å². The molecule has 30 heavy (non-hydrogen) atoms. The third-order valence-corrected chi connectivity index (χ3v) is 6.11. The predicted molar refractivity (Wildman–Crippen MR) is 127 cm³/mol. The Morgan fingerprint density at radius 1 is 1.00 bits per heavy atom. The largest absolute Gasteiger partial charge is 0.354 e. The van der Waals surface area contributed by atoms with Crippen molar-refractivity contribution in [2.75, 3.05) is 31.5 Å². The molecule has 0 bridgehead atoms. The number of hydrogen-bond donors (Lipinski definition) is 1. The number of nitrogens with one attached hydrogen (secondary N) is 1. The van der Waals surface area contributed by atoms with Crippen LogP contribution in [0.1, 0.15) is 51.9 Å². The summed E-state index contributed by atoms with van der Waals surface area (Å²) in [5, 5.41) is 3.35. The molecule has 0 saturated carbocycles. The SMILES string of the molecule is CCN1CCC(CNc2nc(-c3ccc(C(C)(C)C)cc3)nc(C(Cl)(Cl)Cl)n2)CC1. The van der Waals surface area contributed by atoms with Gasteiger partial charge in [-0.25, -0.2) is 4.98 Å². The molecule has 0 unspecified atom stereocenters. The van der Waals surface area contributed by atoms with Crippen LogP contribution in [0.3, 0.4) is 0 Å². The summed E-state index contributed by atoms with van der Waals surface area (Å²) in [6.07, 6.45) is 2.31. The normalized spacial score (nSPS) is 16.6. The van der Waals surface area contributed by atoms with Crippen LogP contribution in [0, 0.1) is 5.92 Å². The van der Waals surface area contributed by atoms with Gasteiger partial charge in [0.25, 0.3) is 0 Å². The van der Waals surface area contributed by atoms with Crippen molar-refractivity contribution in [2.24, 2.45) is 5.92 Å². The molecule has 164 valence electrons. The maximum Gasteiger partial charge on any atom is 0.250 e. The molecule has 3 rings (SSSR count). The molecule has 0 amide bonds. The van der Waals surface area contributed by atoms with E-state index in [9.17, 15) is 0 Å². The average molecular weight is 471 g/mol. The summed E-state index contributed by atoms with van der Waals surface area (Å²) in [4.78, 5) is 15.9. The Kier molecular flexibility index (Phi) is 7.49. The molecule has 0 aliphatic carbocycles. The van der Waals surface area contributed by atoms with E-state index < -0.39 is 3.79 Å². The molecule has 0 atom stereocenters. The van der Waals surface area contributed by atoms with E-state index in [4.69, 9.17) is 34.8 Å². The first-order valence-corrected chi connectivity index (χ1v) is 11.6. The van der Waals surface area contributed by atoms with Gasteiger partial charge in [0.05, 0.1) is 0 Å². The van der Waals surface area contributed by atoms with E-state index in [2.05, 4.69) is 65.0 Å². The van der Waals surface area contributed by atoms with Crippen molar-refractivity contribution in [3.8, 4) is 11.4 Å². The van der Waals surface area contributed by atoms with Crippen LogP contribution in [-0.4, -0.2) is 46.0 Å². The Morgan fingerprint density at radius 3 is 2.17 bits per heavy atom. The minimum absolute atomic E-state index is 0.0699. The lowest BCUT2D eigenvalue weighted by molar-refractivity contribution is 0.198. The zero-order chi connectivity index (χ0) is 21.9. The molecule has 1 aromatic carbocycles. The average Bonchev–Trinajstić information content (AvgIpc) is 2.71. The fourth-order valence-electron chi connectivity index (χ4n) is 3.57. The van der Waals surface area contributed by atoms with Crippen molar-refractivity contribution in [3.63, 3.8) is 0 Å². The topological polar surface area (TPSA) is 53.9 Å². The highest BCUT2D eigenvalue weighted by Gasteiger charge is 2.29. The predicted octanol–water partition coefficient (Wildman–Crippen LogP) is 5.81. The summed E-state index contributed by atoms with van der Waals surface area (Å²) < 4.78 is -1.72. The summed E-state index contributed by atoms with van der Waals surface area (Å²) in [5.74, 6) is 1.64. The molecule has 1 fully saturated rings. The Morgan fingerprint density at radius 2 is 1.63 bits per heavy atom. The van der Waals surface area contributed by atoms with Crippen molar-refractivity contribution >= 4 is 40.8 Å². The van der Waals surface area contributed by atoms with E-state index in [0.717, 1.165) is 44.6 Å². The van der Waals surface area contributed by atoms with Crippen molar-refractivity contribution in [3.05, 3.63) is 35.7 Å². The van der Waals surface area contributed by atoms with Gasteiger partial charge in [-0.1, -0.05) is 86.8 Å². The highest BCUT2D eigenvalue weighted by atomic mass is 35.6. The summed E-state index contributed by atoms with van der Waals surface area (Å²) in [5.41, 5.74) is 2.17. The number of halogens is 3. The van der Waals surface area contributed by atoms with Gasteiger partial charge in [0.2, 0.25) is 9.74 Å². The molecule has 2 heterocycles. The zero-order valence-electron chi connectivity index (χ0n) is 18.1. The van der Waals surface area contributed by atoms with E-state index in [-0.39, 0.29) is 11.2 Å². The summed E-state index contributed by atoms with van der Waals surface area (Å²) in [6, 6.07) is 8.18. The minimum atomic E-state index is -1.72. The van der Waals surface area contributed by atoms with Crippen LogP contribution in [0.4, 0.5) is 5.95 Å². The summed E-state index contributed by atoms with van der Waals surface area (Å²) in [7, 11) is 0. The molecular formula is C22H30Cl3N5. The van der Waals surface area contributed by atoms with Crippen LogP contribution in [0.25, 0.3) is 11.4 Å². The van der Waals surface area contributed by atoms with Crippen molar-refractivity contribution in [2.45, 2.75) is 49.7 Å². The lowest BCUT2D eigenvalue weighted by Crippen LogP contribution is -2.35. The first kappa shape index (κ1) is 23.5. The quantitative estimate of drug-likeness (QED) is 0.559. The number of alkyl halides is 3. The highest BCUT2D eigenvalue weighted by Crippen LogP contribution is 2.37. The molecule has 1 aromatic heterocycles. The van der Waals surface area contributed by atoms with Gasteiger partial charge in [0.15, 0.2) is 11.6 Å². The number of benzene rings is 1. The summed E-state index contributed by atoms with van der Waals surface area (Å²) in [6.45, 7) is 12.9. The first-order valence-electron chi connectivity index (χ1n) is 10.5. The molecule has 2 aromatic rings. The van der Waals surface area contributed by atoms with E-state index in [1.54, 1.807) is 0 Å². The van der Waals surface area contributed by atoms with Crippen LogP contribution in [-0.2, 0) is 9.21 Å². The number of nitrogens with zero attached hydrogens (tertiary/aromatic N) is 4. The lowest BCUT2D eigenvalue weighted by Gasteiger charge is -2.31. The number of anilines is 1. The van der Waals surface area contributed by atoms with Crippen molar-refractivity contribution in [1.82, 2.24) is 19.9 Å².